The first kappa shape index (κ1) is 20.0. The minimum Gasteiger partial charge on any atom is -0.467 e. The number of halogens is 1. The van der Waals surface area contributed by atoms with Crippen LogP contribution in [0.2, 0.25) is 0 Å². The first-order valence-corrected chi connectivity index (χ1v) is 7.49. The number of nitrogens with one attached hydrogen (secondary N) is 3. The van der Waals surface area contributed by atoms with Crippen LogP contribution in [0, 0.1) is 0 Å². The van der Waals surface area contributed by atoms with Crippen molar-refractivity contribution in [2.24, 2.45) is 4.99 Å². The van der Waals surface area contributed by atoms with Crippen LogP contribution < -0.4 is 16.0 Å². The summed E-state index contributed by atoms with van der Waals surface area (Å²) in [5.74, 6) is 1.19. The van der Waals surface area contributed by atoms with Gasteiger partial charge in [-0.05, 0) is 24.6 Å². The van der Waals surface area contributed by atoms with Gasteiger partial charge in [-0.2, -0.15) is 5.10 Å². The zero-order valence-corrected chi connectivity index (χ0v) is 15.9. The number of hydrogen-bond acceptors (Lipinski definition) is 4. The van der Waals surface area contributed by atoms with Gasteiger partial charge in [-0.15, -0.1) is 24.0 Å². The van der Waals surface area contributed by atoms with Gasteiger partial charge in [-0.1, -0.05) is 0 Å². The normalized spacial score (nSPS) is 10.8. The Morgan fingerprint density at radius 1 is 1.33 bits per heavy atom. The van der Waals surface area contributed by atoms with Crippen LogP contribution in [0.1, 0.15) is 12.2 Å². The van der Waals surface area contributed by atoms with Gasteiger partial charge in [-0.25, -0.2) is 0 Å². The Balaban J connectivity index is 0.00000288. The number of carbonyl (C=O) groups is 1. The summed E-state index contributed by atoms with van der Waals surface area (Å²) < 4.78 is 7.02. The molecule has 0 bridgehead atoms. The van der Waals surface area contributed by atoms with Crippen LogP contribution >= 0.6 is 24.0 Å². The number of aliphatic imine (C=N–C) groups is 1. The molecule has 9 heteroatoms. The summed E-state index contributed by atoms with van der Waals surface area (Å²) in [7, 11) is 1.67. The number of carbonyl (C=O) groups excluding carboxylic acids is 1. The molecule has 0 fully saturated rings. The third kappa shape index (κ3) is 7.49. The number of amides is 1. The van der Waals surface area contributed by atoms with Crippen molar-refractivity contribution >= 4 is 35.8 Å². The Hall–Kier alpha value is -2.04. The molecule has 2 aromatic heterocycles. The monoisotopic (exact) mass is 446 g/mol. The third-order valence-corrected chi connectivity index (χ3v) is 3.10. The number of furan rings is 1. The van der Waals surface area contributed by atoms with Crippen LogP contribution in [0.3, 0.4) is 0 Å². The molecule has 0 saturated heterocycles. The molecule has 24 heavy (non-hydrogen) atoms. The predicted molar refractivity (Wildman–Crippen MR) is 102 cm³/mol. The highest BCUT2D eigenvalue weighted by Gasteiger charge is 2.04. The van der Waals surface area contributed by atoms with Crippen molar-refractivity contribution < 1.29 is 9.21 Å². The van der Waals surface area contributed by atoms with Crippen LogP contribution in [0.25, 0.3) is 0 Å². The molecule has 1 amide bonds. The fraction of sp³-hybridized carbons (Fsp3) is 0.400. The van der Waals surface area contributed by atoms with Crippen LogP contribution in [0.5, 0.6) is 0 Å². The van der Waals surface area contributed by atoms with E-state index in [1.165, 1.54) is 0 Å². The molecular formula is C15H23IN6O2. The maximum absolute atomic E-state index is 11.7. The number of hydrogen-bond donors (Lipinski definition) is 3. The molecule has 0 saturated carbocycles. The van der Waals surface area contributed by atoms with E-state index in [2.05, 4.69) is 26.0 Å². The lowest BCUT2D eigenvalue weighted by molar-refractivity contribution is -0.120. The van der Waals surface area contributed by atoms with Gasteiger partial charge < -0.3 is 20.4 Å². The Morgan fingerprint density at radius 2 is 2.21 bits per heavy atom. The second-order valence-electron chi connectivity index (χ2n) is 4.83. The maximum atomic E-state index is 11.7. The third-order valence-electron chi connectivity index (χ3n) is 3.10. The molecule has 0 aliphatic heterocycles. The van der Waals surface area contributed by atoms with E-state index in [0.717, 1.165) is 25.3 Å². The number of aryl methyl sites for hydroxylation is 1. The zero-order chi connectivity index (χ0) is 16.3. The second-order valence-corrected chi connectivity index (χ2v) is 4.83. The van der Waals surface area contributed by atoms with Crippen molar-refractivity contribution in [2.45, 2.75) is 19.5 Å². The highest BCUT2D eigenvalue weighted by molar-refractivity contribution is 14.0. The first-order chi connectivity index (χ1) is 11.3. The molecule has 0 atom stereocenters. The van der Waals surface area contributed by atoms with Gasteiger partial charge >= 0.3 is 0 Å². The minimum atomic E-state index is -0.124. The van der Waals surface area contributed by atoms with Crippen molar-refractivity contribution in [2.75, 3.05) is 20.1 Å². The molecule has 132 valence electrons. The molecule has 0 unspecified atom stereocenters. The van der Waals surface area contributed by atoms with E-state index >= 15 is 0 Å². The van der Waals surface area contributed by atoms with Crippen molar-refractivity contribution in [3.8, 4) is 0 Å². The van der Waals surface area contributed by atoms with Gasteiger partial charge in [0.1, 0.15) is 5.76 Å². The van der Waals surface area contributed by atoms with Gasteiger partial charge in [0.15, 0.2) is 5.96 Å². The Labute approximate surface area is 158 Å². The molecule has 2 aromatic rings. The molecular weight excluding hydrogens is 423 g/mol. The largest absolute Gasteiger partial charge is 0.467 e. The highest BCUT2D eigenvalue weighted by atomic mass is 127. The average Bonchev–Trinajstić information content (AvgIpc) is 3.25. The molecule has 0 spiro atoms. The van der Waals surface area contributed by atoms with Crippen molar-refractivity contribution in [3.63, 3.8) is 0 Å². The Morgan fingerprint density at radius 3 is 2.88 bits per heavy atom. The summed E-state index contributed by atoms with van der Waals surface area (Å²) in [5, 5.41) is 13.0. The first-order valence-electron chi connectivity index (χ1n) is 7.49. The van der Waals surface area contributed by atoms with E-state index in [0.29, 0.717) is 12.5 Å². The van der Waals surface area contributed by atoms with E-state index in [9.17, 15) is 4.79 Å². The van der Waals surface area contributed by atoms with E-state index in [1.807, 2.05) is 23.0 Å². The lowest BCUT2D eigenvalue weighted by Crippen LogP contribution is -2.43. The number of aromatic nitrogens is 2. The predicted octanol–water partition coefficient (Wildman–Crippen LogP) is 0.966. The zero-order valence-electron chi connectivity index (χ0n) is 13.6. The molecule has 2 heterocycles. The van der Waals surface area contributed by atoms with Crippen LogP contribution in [0.4, 0.5) is 0 Å². The van der Waals surface area contributed by atoms with Crippen LogP contribution in [0.15, 0.2) is 46.3 Å². The van der Waals surface area contributed by atoms with E-state index in [-0.39, 0.29) is 36.4 Å². The number of guanidine groups is 1. The van der Waals surface area contributed by atoms with Gasteiger partial charge in [0.05, 0.1) is 19.4 Å². The molecule has 3 N–H and O–H groups in total. The number of nitrogens with zero attached hydrogens (tertiary/aromatic N) is 3. The smallest absolute Gasteiger partial charge is 0.239 e. The van der Waals surface area contributed by atoms with E-state index < -0.39 is 0 Å². The standard InChI is InChI=1S/C15H22N6O2.HI/c1-16-15(17-6-3-8-21-9-4-7-20-21)19-12-14(22)18-11-13-5-2-10-23-13;/h2,4-5,7,9-10H,3,6,8,11-12H2,1H3,(H,18,22)(H2,16,17,19);1H. The maximum Gasteiger partial charge on any atom is 0.239 e. The van der Waals surface area contributed by atoms with E-state index in [4.69, 9.17) is 4.42 Å². The summed E-state index contributed by atoms with van der Waals surface area (Å²) in [5.41, 5.74) is 0. The SMILES string of the molecule is CN=C(NCCCn1cccn1)NCC(=O)NCc1ccco1.I. The summed E-state index contributed by atoms with van der Waals surface area (Å²) >= 11 is 0. The summed E-state index contributed by atoms with van der Waals surface area (Å²) in [6.07, 6.45) is 6.17. The van der Waals surface area contributed by atoms with Crippen molar-refractivity contribution in [1.29, 1.82) is 0 Å². The van der Waals surface area contributed by atoms with Crippen molar-refractivity contribution in [1.82, 2.24) is 25.7 Å². The Bertz CT molecular complexity index is 598. The molecule has 0 aliphatic rings. The average molecular weight is 446 g/mol. The fourth-order valence-electron chi connectivity index (χ4n) is 1.93. The van der Waals surface area contributed by atoms with Gasteiger partial charge in [-0.3, -0.25) is 14.5 Å². The summed E-state index contributed by atoms with van der Waals surface area (Å²) in [6.45, 7) is 2.11. The summed E-state index contributed by atoms with van der Waals surface area (Å²) in [4.78, 5) is 15.8. The molecule has 0 radical (unpaired) electrons. The van der Waals surface area contributed by atoms with Gasteiger partial charge in [0, 0.05) is 32.5 Å². The van der Waals surface area contributed by atoms with Crippen molar-refractivity contribution in [3.05, 3.63) is 42.6 Å². The second kappa shape index (κ2) is 11.5. The minimum absolute atomic E-state index is 0. The van der Waals surface area contributed by atoms with Crippen LogP contribution in [-0.4, -0.2) is 41.8 Å². The van der Waals surface area contributed by atoms with E-state index in [1.54, 1.807) is 25.6 Å². The quantitative estimate of drug-likeness (QED) is 0.243. The van der Waals surface area contributed by atoms with Crippen LogP contribution in [-0.2, 0) is 17.9 Å². The fourth-order valence-corrected chi connectivity index (χ4v) is 1.93. The lowest BCUT2D eigenvalue weighted by Gasteiger charge is -2.11. The number of rotatable bonds is 8. The van der Waals surface area contributed by atoms with Gasteiger partial charge in [0.2, 0.25) is 5.91 Å². The summed E-state index contributed by atoms with van der Waals surface area (Å²) in [6, 6.07) is 5.50. The Kier molecular flexibility index (Phi) is 9.58. The topological polar surface area (TPSA) is 96.5 Å². The lowest BCUT2D eigenvalue weighted by atomic mass is 10.4. The highest BCUT2D eigenvalue weighted by Crippen LogP contribution is 1.97. The molecule has 0 aliphatic carbocycles. The molecule has 8 nitrogen and oxygen atoms in total. The van der Waals surface area contributed by atoms with Gasteiger partial charge in [0.25, 0.3) is 0 Å². The molecule has 2 rings (SSSR count). The molecule has 0 aromatic carbocycles.